The molecule has 3 rings (SSSR count). The molecule has 3 aromatic rings. The second kappa shape index (κ2) is 7.92. The number of amides is 1. The number of carbonyl (C=O) groups is 1. The number of rotatable bonds is 4. The van der Waals surface area contributed by atoms with Crippen LogP contribution in [0.4, 0.5) is 18.9 Å². The van der Waals surface area contributed by atoms with Gasteiger partial charge in [0.05, 0.1) is 34.0 Å². The summed E-state index contributed by atoms with van der Waals surface area (Å²) in [6.45, 7) is 1.26. The molecule has 1 amide bonds. The van der Waals surface area contributed by atoms with Crippen LogP contribution in [-0.4, -0.2) is 23.2 Å². The number of nitrogens with zero attached hydrogens (tertiary/aromatic N) is 2. The monoisotopic (exact) mass is 445 g/mol. The number of hydrogen-bond donors (Lipinski definition) is 1. The Labute approximate surface area is 172 Å². The van der Waals surface area contributed by atoms with E-state index in [9.17, 15) is 18.0 Å². The molecular formula is C18H12Cl2F3N3O3. The van der Waals surface area contributed by atoms with E-state index in [0.717, 1.165) is 6.07 Å². The maximum Gasteiger partial charge on any atom is 0.417 e. The van der Waals surface area contributed by atoms with Gasteiger partial charge in [0.15, 0.2) is 5.76 Å². The van der Waals surface area contributed by atoms with Crippen LogP contribution in [0.5, 0.6) is 5.75 Å². The second-order valence-corrected chi connectivity index (χ2v) is 6.57. The highest BCUT2D eigenvalue weighted by atomic mass is 35.5. The Morgan fingerprint density at radius 3 is 2.62 bits per heavy atom. The van der Waals surface area contributed by atoms with Crippen LogP contribution in [0, 0.1) is 0 Å². The number of pyridine rings is 1. The Bertz CT molecular complexity index is 1080. The van der Waals surface area contributed by atoms with E-state index in [1.807, 2.05) is 0 Å². The smallest absolute Gasteiger partial charge is 0.417 e. The first-order valence-electron chi connectivity index (χ1n) is 7.96. The summed E-state index contributed by atoms with van der Waals surface area (Å²) in [6, 6.07) is 4.76. The quantitative estimate of drug-likeness (QED) is 0.557. The fraction of sp³-hybridized carbons (Fsp3) is 0.167. The number of alkyl halides is 3. The number of aromatic nitrogens is 2. The first-order valence-corrected chi connectivity index (χ1v) is 8.72. The van der Waals surface area contributed by atoms with Crippen molar-refractivity contribution >= 4 is 34.8 Å². The van der Waals surface area contributed by atoms with Crippen molar-refractivity contribution < 1.29 is 27.2 Å². The molecular weight excluding hydrogens is 434 g/mol. The normalized spacial score (nSPS) is 11.4. The van der Waals surface area contributed by atoms with E-state index in [1.54, 1.807) is 0 Å². The van der Waals surface area contributed by atoms with Crippen LogP contribution in [0.1, 0.15) is 12.5 Å². The summed E-state index contributed by atoms with van der Waals surface area (Å²) in [5.74, 6) is -0.478. The van der Waals surface area contributed by atoms with Gasteiger partial charge in [-0.2, -0.15) is 13.2 Å². The molecule has 0 aliphatic carbocycles. The molecule has 2 heterocycles. The first-order chi connectivity index (χ1) is 13.6. The van der Waals surface area contributed by atoms with Crippen LogP contribution >= 0.6 is 23.2 Å². The molecule has 0 saturated heterocycles. The number of nitrogens with one attached hydrogen (secondary N) is 1. The molecule has 11 heteroatoms. The first kappa shape index (κ1) is 20.9. The third kappa shape index (κ3) is 4.15. The van der Waals surface area contributed by atoms with E-state index in [-0.39, 0.29) is 44.2 Å². The van der Waals surface area contributed by atoms with Crippen LogP contribution in [0.3, 0.4) is 0 Å². The average molecular weight is 446 g/mol. The molecule has 0 bridgehead atoms. The van der Waals surface area contributed by atoms with Gasteiger partial charge in [-0.05, 0) is 12.1 Å². The Hall–Kier alpha value is -2.78. The van der Waals surface area contributed by atoms with E-state index in [2.05, 4.69) is 15.5 Å². The minimum Gasteiger partial charge on any atom is -0.496 e. The van der Waals surface area contributed by atoms with Crippen LogP contribution in [0.15, 0.2) is 35.0 Å². The summed E-state index contributed by atoms with van der Waals surface area (Å²) in [5.41, 5.74) is -1.21. The van der Waals surface area contributed by atoms with Crippen molar-refractivity contribution in [3.05, 3.63) is 46.1 Å². The highest BCUT2D eigenvalue weighted by molar-refractivity contribution is 6.41. The number of benzene rings is 1. The van der Waals surface area contributed by atoms with Gasteiger partial charge in [-0.15, -0.1) is 0 Å². The molecule has 0 spiro atoms. The Morgan fingerprint density at radius 2 is 2.00 bits per heavy atom. The van der Waals surface area contributed by atoms with Crippen LogP contribution in [0.2, 0.25) is 10.0 Å². The zero-order valence-electron chi connectivity index (χ0n) is 14.9. The van der Waals surface area contributed by atoms with E-state index >= 15 is 0 Å². The number of carbonyl (C=O) groups excluding carboxylic acids is 1. The highest BCUT2D eigenvalue weighted by Crippen LogP contribution is 2.43. The van der Waals surface area contributed by atoms with Gasteiger partial charge in [0.2, 0.25) is 5.91 Å². The van der Waals surface area contributed by atoms with Gasteiger partial charge in [0, 0.05) is 19.2 Å². The molecule has 1 aromatic carbocycles. The largest absolute Gasteiger partial charge is 0.496 e. The van der Waals surface area contributed by atoms with Gasteiger partial charge in [0.25, 0.3) is 0 Å². The molecule has 0 unspecified atom stereocenters. The van der Waals surface area contributed by atoms with Crippen molar-refractivity contribution in [2.75, 3.05) is 12.4 Å². The Balaban J connectivity index is 2.14. The number of halogens is 5. The predicted molar refractivity (Wildman–Crippen MR) is 101 cm³/mol. The van der Waals surface area contributed by atoms with Gasteiger partial charge in [-0.1, -0.05) is 34.4 Å². The SMILES string of the molecule is COc1cccc(C(F)(F)F)c1-c1cc(-c2ncc(Cl)c(NC(C)=O)c2Cl)on1. The van der Waals surface area contributed by atoms with Gasteiger partial charge >= 0.3 is 6.18 Å². The highest BCUT2D eigenvalue weighted by Gasteiger charge is 2.36. The zero-order chi connectivity index (χ0) is 21.3. The van der Waals surface area contributed by atoms with Gasteiger partial charge in [-0.3, -0.25) is 4.79 Å². The topological polar surface area (TPSA) is 77.2 Å². The minimum atomic E-state index is -4.64. The molecule has 6 nitrogen and oxygen atoms in total. The molecule has 152 valence electrons. The molecule has 0 radical (unpaired) electrons. The summed E-state index contributed by atoms with van der Waals surface area (Å²) >= 11 is 12.3. The molecule has 0 aliphatic heterocycles. The molecule has 0 aliphatic rings. The number of anilines is 1. The molecule has 0 atom stereocenters. The molecule has 2 aromatic heterocycles. The predicted octanol–water partition coefficient (Wildman–Crippen LogP) is 5.70. The van der Waals surface area contributed by atoms with E-state index in [1.165, 1.54) is 38.4 Å². The molecule has 29 heavy (non-hydrogen) atoms. The maximum atomic E-state index is 13.5. The fourth-order valence-electron chi connectivity index (χ4n) is 2.63. The molecule has 0 saturated carbocycles. The van der Waals surface area contributed by atoms with Crippen LogP contribution in [0.25, 0.3) is 22.7 Å². The summed E-state index contributed by atoms with van der Waals surface area (Å²) in [7, 11) is 1.25. The third-order valence-electron chi connectivity index (χ3n) is 3.83. The third-order valence-corrected chi connectivity index (χ3v) is 4.48. The summed E-state index contributed by atoms with van der Waals surface area (Å²) in [4.78, 5) is 15.4. The second-order valence-electron chi connectivity index (χ2n) is 5.78. The van der Waals surface area contributed by atoms with Gasteiger partial charge in [-0.25, -0.2) is 4.98 Å². The summed E-state index contributed by atoms with van der Waals surface area (Å²) < 4.78 is 50.6. The number of methoxy groups -OCH3 is 1. The van der Waals surface area contributed by atoms with E-state index in [0.29, 0.717) is 0 Å². The lowest BCUT2D eigenvalue weighted by atomic mass is 10.0. The van der Waals surface area contributed by atoms with E-state index < -0.39 is 17.6 Å². The standard InChI is InChI=1S/C18H12Cl2F3N3O3/c1-8(27)25-16-10(19)7-24-17(15(16)20)13-6-11(26-29-13)14-9(18(21,22)23)4-3-5-12(14)28-2/h3-7H,1-2H3,(H,24,25,27). The summed E-state index contributed by atoms with van der Waals surface area (Å²) in [5, 5.41) is 6.22. The van der Waals surface area contributed by atoms with Crippen LogP contribution < -0.4 is 10.1 Å². The Kier molecular flexibility index (Phi) is 5.72. The maximum absolute atomic E-state index is 13.5. The summed E-state index contributed by atoms with van der Waals surface area (Å²) in [6.07, 6.45) is -3.42. The molecule has 1 N–H and O–H groups in total. The lowest BCUT2D eigenvalue weighted by molar-refractivity contribution is -0.137. The lowest BCUT2D eigenvalue weighted by Gasteiger charge is -2.14. The number of ether oxygens (including phenoxy) is 1. The molecule has 0 fully saturated rings. The number of hydrogen-bond acceptors (Lipinski definition) is 5. The average Bonchev–Trinajstić information content (AvgIpc) is 3.13. The lowest BCUT2D eigenvalue weighted by Crippen LogP contribution is -2.08. The van der Waals surface area contributed by atoms with Crippen molar-refractivity contribution in [3.63, 3.8) is 0 Å². The van der Waals surface area contributed by atoms with Gasteiger partial charge in [0.1, 0.15) is 17.1 Å². The van der Waals surface area contributed by atoms with Crippen molar-refractivity contribution in [2.24, 2.45) is 0 Å². The van der Waals surface area contributed by atoms with Crippen molar-refractivity contribution in [1.29, 1.82) is 0 Å². The van der Waals surface area contributed by atoms with Crippen molar-refractivity contribution in [2.45, 2.75) is 13.1 Å². The Morgan fingerprint density at radius 1 is 1.28 bits per heavy atom. The minimum absolute atomic E-state index is 0.0210. The van der Waals surface area contributed by atoms with E-state index in [4.69, 9.17) is 32.5 Å². The van der Waals surface area contributed by atoms with Crippen molar-refractivity contribution in [1.82, 2.24) is 10.1 Å². The van der Waals surface area contributed by atoms with Crippen molar-refractivity contribution in [3.8, 4) is 28.5 Å². The van der Waals surface area contributed by atoms with Crippen LogP contribution in [-0.2, 0) is 11.0 Å². The van der Waals surface area contributed by atoms with Gasteiger partial charge < -0.3 is 14.6 Å². The zero-order valence-corrected chi connectivity index (χ0v) is 16.4. The fourth-order valence-corrected chi connectivity index (χ4v) is 3.16.